The van der Waals surface area contributed by atoms with Gasteiger partial charge in [-0.25, -0.2) is 19.6 Å². The van der Waals surface area contributed by atoms with Crippen molar-refractivity contribution < 1.29 is 29.1 Å². The van der Waals surface area contributed by atoms with Gasteiger partial charge in [-0.3, -0.25) is 0 Å². The summed E-state index contributed by atoms with van der Waals surface area (Å²) in [6.45, 7) is 0. The van der Waals surface area contributed by atoms with Crippen molar-refractivity contribution >= 4 is 76.2 Å². The lowest BCUT2D eigenvalue weighted by Crippen LogP contribution is -2.09. The zero-order valence-electron chi connectivity index (χ0n) is 18.4. The zero-order valence-corrected chi connectivity index (χ0v) is 22.1. The highest BCUT2D eigenvalue weighted by molar-refractivity contribution is 14.1. The molecule has 2 aliphatic carbocycles. The Bertz CT molecular complexity index is 1050. The largest absolute Gasteiger partial charge is 0.465 e. The molecule has 0 spiro atoms. The second-order valence-electron chi connectivity index (χ2n) is 7.50. The van der Waals surface area contributed by atoms with Gasteiger partial charge in [0.2, 0.25) is 0 Å². The zero-order chi connectivity index (χ0) is 25.6. The van der Waals surface area contributed by atoms with Gasteiger partial charge >= 0.3 is 19.1 Å². The first-order valence-electron chi connectivity index (χ1n) is 10.1. The Morgan fingerprint density at radius 2 is 1.44 bits per heavy atom. The first-order valence-corrected chi connectivity index (χ1v) is 11.9. The monoisotopic (exact) mass is 624 g/mol. The Balaban J connectivity index is 0.000000195. The number of hydrogen-bond acceptors (Lipinski definition) is 10. The maximum Gasteiger partial charge on any atom is 0.454 e. The Kier molecular flexibility index (Phi) is 10.6. The van der Waals surface area contributed by atoms with Crippen LogP contribution in [0.4, 0.5) is 11.4 Å². The predicted molar refractivity (Wildman–Crippen MR) is 138 cm³/mol. The lowest BCUT2D eigenvalue weighted by molar-refractivity contribution is 0.0592. The molecular formula is C20H24BCl2IN4O6. The minimum absolute atomic E-state index is 0.213. The number of ether oxygens (including phenoxy) is 2. The maximum atomic E-state index is 11.4. The SMILES string of the molecule is COC(=O)c1cc(Cl)nc(C2CC2)c1N.COC(=O)c1cc(Cl)nc(I)c1N.OB(O)C1CC1. The third-order valence-electron chi connectivity index (χ3n) is 4.86. The van der Waals surface area contributed by atoms with Crippen LogP contribution in [-0.2, 0) is 9.47 Å². The number of nitrogens with zero attached hydrogens (tertiary/aromatic N) is 2. The van der Waals surface area contributed by atoms with Gasteiger partial charge in [-0.1, -0.05) is 36.0 Å². The standard InChI is InChI=1S/C10H11ClN2O2.C7H6ClIN2O2.C3H7BO2/c1-15-10(14)6-4-7(11)13-9(8(6)12)5-2-3-5;1-13-7(12)3-2-4(8)11-6(9)5(3)10;5-4(6)3-1-2-3/h4-5H,2-3,12H2,1H3;2H,10H2,1H3;3,5-6H,1-2H2. The molecule has 2 aliphatic rings. The molecule has 2 fully saturated rings. The Labute approximate surface area is 220 Å². The molecule has 10 nitrogen and oxygen atoms in total. The summed E-state index contributed by atoms with van der Waals surface area (Å²) in [5.74, 6) is -0.421. The van der Waals surface area contributed by atoms with Crippen LogP contribution in [0, 0.1) is 3.70 Å². The van der Waals surface area contributed by atoms with Crippen LogP contribution < -0.4 is 11.5 Å². The lowest BCUT2D eigenvalue weighted by Gasteiger charge is -2.08. The highest BCUT2D eigenvalue weighted by Gasteiger charge is 2.33. The number of carbonyl (C=O) groups is 2. The van der Waals surface area contributed by atoms with Crippen molar-refractivity contribution in [1.82, 2.24) is 9.97 Å². The van der Waals surface area contributed by atoms with Gasteiger partial charge in [0.25, 0.3) is 0 Å². The van der Waals surface area contributed by atoms with Gasteiger partial charge in [0, 0.05) is 5.92 Å². The molecule has 0 aromatic carbocycles. The number of hydrogen-bond donors (Lipinski definition) is 4. The summed E-state index contributed by atoms with van der Waals surface area (Å²) in [6.07, 6.45) is 4.10. The van der Waals surface area contributed by atoms with E-state index in [9.17, 15) is 9.59 Å². The molecule has 4 rings (SSSR count). The number of pyridine rings is 2. The number of anilines is 2. The average Bonchev–Trinajstić information content (AvgIpc) is 3.69. The van der Waals surface area contributed by atoms with Gasteiger partial charge < -0.3 is 31.0 Å². The summed E-state index contributed by atoms with van der Waals surface area (Å²) in [7, 11) is 1.56. The van der Waals surface area contributed by atoms with Crippen LogP contribution in [0.3, 0.4) is 0 Å². The van der Waals surface area contributed by atoms with Crippen LogP contribution in [-0.4, -0.2) is 53.3 Å². The first kappa shape index (κ1) is 28.4. The number of methoxy groups -OCH3 is 2. The summed E-state index contributed by atoms with van der Waals surface area (Å²) in [5, 5.41) is 17.0. The molecule has 14 heteroatoms. The molecule has 184 valence electrons. The van der Waals surface area contributed by atoms with E-state index in [0.717, 1.165) is 31.4 Å². The Morgan fingerprint density at radius 3 is 1.82 bits per heavy atom. The van der Waals surface area contributed by atoms with Gasteiger partial charge in [0.1, 0.15) is 14.0 Å². The van der Waals surface area contributed by atoms with Crippen molar-refractivity contribution in [3.63, 3.8) is 0 Å². The van der Waals surface area contributed by atoms with Gasteiger partial charge in [0.15, 0.2) is 0 Å². The van der Waals surface area contributed by atoms with Crippen LogP contribution in [0.15, 0.2) is 12.1 Å². The molecule has 0 amide bonds. The third-order valence-corrected chi connectivity index (χ3v) is 6.07. The van der Waals surface area contributed by atoms with Crippen LogP contribution in [0.2, 0.25) is 16.1 Å². The number of rotatable bonds is 4. The number of carbonyl (C=O) groups excluding carboxylic acids is 2. The fourth-order valence-corrected chi connectivity index (χ4v) is 3.74. The Morgan fingerprint density at radius 1 is 0.971 bits per heavy atom. The fraction of sp³-hybridized carbons (Fsp3) is 0.400. The van der Waals surface area contributed by atoms with E-state index in [1.165, 1.54) is 26.4 Å². The smallest absolute Gasteiger partial charge is 0.454 e. The van der Waals surface area contributed by atoms with Gasteiger partial charge in [-0.15, -0.1) is 0 Å². The van der Waals surface area contributed by atoms with Crippen LogP contribution in [0.25, 0.3) is 0 Å². The second kappa shape index (κ2) is 12.7. The lowest BCUT2D eigenvalue weighted by atomic mass is 9.84. The predicted octanol–water partition coefficient (Wildman–Crippen LogP) is 3.31. The van der Waals surface area contributed by atoms with Crippen LogP contribution in [0.1, 0.15) is 58.0 Å². The van der Waals surface area contributed by atoms with E-state index in [-0.39, 0.29) is 27.4 Å². The van der Waals surface area contributed by atoms with E-state index in [1.54, 1.807) is 0 Å². The van der Waals surface area contributed by atoms with E-state index in [2.05, 4.69) is 19.4 Å². The second-order valence-corrected chi connectivity index (χ2v) is 9.29. The van der Waals surface area contributed by atoms with Gasteiger partial charge in [0.05, 0.1) is 42.4 Å². The highest BCUT2D eigenvalue weighted by atomic mass is 127. The molecule has 0 bridgehead atoms. The van der Waals surface area contributed by atoms with E-state index >= 15 is 0 Å². The fourth-order valence-electron chi connectivity index (χ4n) is 2.66. The summed E-state index contributed by atoms with van der Waals surface area (Å²) in [4.78, 5) is 30.6. The van der Waals surface area contributed by atoms with Crippen molar-refractivity contribution in [2.24, 2.45) is 0 Å². The van der Waals surface area contributed by atoms with Crippen LogP contribution in [0.5, 0.6) is 0 Å². The topological polar surface area (TPSA) is 171 Å². The third kappa shape index (κ3) is 8.12. The molecule has 2 heterocycles. The molecular weight excluding hydrogens is 601 g/mol. The van der Waals surface area contributed by atoms with Gasteiger partial charge in [-0.2, -0.15) is 0 Å². The number of halogens is 3. The average molecular weight is 625 g/mol. The number of esters is 2. The van der Waals surface area contributed by atoms with E-state index in [4.69, 9.17) is 44.7 Å². The number of nitrogens with two attached hydrogens (primary N) is 2. The molecule has 6 N–H and O–H groups in total. The van der Waals surface area contributed by atoms with Gasteiger partial charge in [-0.05, 0) is 53.4 Å². The molecule has 0 unspecified atom stereocenters. The molecule has 0 aliphatic heterocycles. The normalized spacial score (nSPS) is 14.1. The van der Waals surface area contributed by atoms with Crippen molar-refractivity contribution in [1.29, 1.82) is 0 Å². The quantitative estimate of drug-likeness (QED) is 0.171. The highest BCUT2D eigenvalue weighted by Crippen LogP contribution is 2.43. The van der Waals surface area contributed by atoms with Crippen molar-refractivity contribution in [2.75, 3.05) is 25.7 Å². The minimum atomic E-state index is -1.04. The van der Waals surface area contributed by atoms with E-state index in [1.807, 2.05) is 22.6 Å². The number of nitrogen functional groups attached to an aromatic ring is 2. The molecule has 2 aromatic rings. The summed E-state index contributed by atoms with van der Waals surface area (Å²) in [6, 6.07) is 2.82. The summed E-state index contributed by atoms with van der Waals surface area (Å²) in [5.41, 5.74) is 13.4. The molecule has 2 aromatic heterocycles. The first-order chi connectivity index (χ1) is 16.0. The van der Waals surface area contributed by atoms with Crippen LogP contribution >= 0.6 is 45.8 Å². The minimum Gasteiger partial charge on any atom is -0.465 e. The molecule has 2 saturated carbocycles. The Hall–Kier alpha value is -1.87. The summed E-state index contributed by atoms with van der Waals surface area (Å²) >= 11 is 13.4. The van der Waals surface area contributed by atoms with Crippen molar-refractivity contribution in [2.45, 2.75) is 37.4 Å². The molecule has 0 radical (unpaired) electrons. The summed E-state index contributed by atoms with van der Waals surface area (Å²) < 4.78 is 9.63. The molecule has 0 atom stereocenters. The molecule has 34 heavy (non-hydrogen) atoms. The van der Waals surface area contributed by atoms with E-state index < -0.39 is 19.1 Å². The van der Waals surface area contributed by atoms with Crippen molar-refractivity contribution in [3.05, 3.63) is 43.0 Å². The van der Waals surface area contributed by atoms with Crippen molar-refractivity contribution in [3.8, 4) is 0 Å². The number of aromatic nitrogens is 2. The maximum absolute atomic E-state index is 11.4. The van der Waals surface area contributed by atoms with E-state index in [0.29, 0.717) is 20.9 Å². The molecule has 0 saturated heterocycles.